The molecule has 4 fully saturated rings. The second-order valence-corrected chi connectivity index (χ2v) is 13.0. The molecule has 0 radical (unpaired) electrons. The molecule has 4 aliphatic carbocycles. The van der Waals surface area contributed by atoms with E-state index in [1.165, 1.54) is 19.3 Å². The number of fused-ring (bicyclic) bond motifs is 5. The van der Waals surface area contributed by atoms with Crippen LogP contribution in [0.25, 0.3) is 0 Å². The molecule has 0 unspecified atom stereocenters. The van der Waals surface area contributed by atoms with Crippen LogP contribution in [0.3, 0.4) is 0 Å². The van der Waals surface area contributed by atoms with E-state index in [1.807, 2.05) is 6.07 Å². The summed E-state index contributed by atoms with van der Waals surface area (Å²) >= 11 is 0. The Kier molecular flexibility index (Phi) is 7.14. The number of carbonyl (C=O) groups is 1. The molecule has 1 aromatic heterocycles. The molecule has 4 aliphatic rings. The van der Waals surface area contributed by atoms with E-state index in [9.17, 15) is 15.0 Å². The van der Waals surface area contributed by atoms with Gasteiger partial charge in [0.25, 0.3) is 0 Å². The van der Waals surface area contributed by atoms with Crippen LogP contribution < -0.4 is 10.1 Å². The van der Waals surface area contributed by atoms with Crippen molar-refractivity contribution in [2.75, 3.05) is 12.4 Å². The van der Waals surface area contributed by atoms with E-state index >= 15 is 0 Å². The highest BCUT2D eigenvalue weighted by Crippen LogP contribution is 2.68. The number of nitrogens with zero attached hydrogens (tertiary/aromatic N) is 1. The molecule has 1 heterocycles. The minimum absolute atomic E-state index is 0.0171. The number of nitrogens with one attached hydrogen (secondary N) is 1. The van der Waals surface area contributed by atoms with Crippen LogP contribution in [0.5, 0.6) is 5.88 Å². The van der Waals surface area contributed by atoms with Gasteiger partial charge in [-0.05, 0) is 110 Å². The number of aromatic nitrogens is 1. The third kappa shape index (κ3) is 4.36. The Morgan fingerprint density at radius 1 is 1.14 bits per heavy atom. The van der Waals surface area contributed by atoms with Gasteiger partial charge in [0.15, 0.2) is 0 Å². The maximum Gasteiger partial charge on any atom is 0.224 e. The maximum absolute atomic E-state index is 12.7. The fraction of sp³-hybridized carbons (Fsp3) is 0.800. The van der Waals surface area contributed by atoms with E-state index in [0.717, 1.165) is 38.5 Å². The molecule has 6 nitrogen and oxygen atoms in total. The molecule has 1 amide bonds. The fourth-order valence-electron chi connectivity index (χ4n) is 9.52. The van der Waals surface area contributed by atoms with Gasteiger partial charge in [-0.25, -0.2) is 4.98 Å². The van der Waals surface area contributed by atoms with Crippen LogP contribution in [-0.4, -0.2) is 40.4 Å². The normalized spacial score (nSPS) is 42.6. The molecular formula is C30H46N2O4. The van der Waals surface area contributed by atoms with E-state index in [0.29, 0.717) is 53.5 Å². The number of hydrogen-bond acceptors (Lipinski definition) is 5. The highest BCUT2D eigenvalue weighted by atomic mass is 16.5. The van der Waals surface area contributed by atoms with Crippen molar-refractivity contribution < 1.29 is 19.7 Å². The van der Waals surface area contributed by atoms with Crippen molar-refractivity contribution >= 4 is 11.6 Å². The van der Waals surface area contributed by atoms with Crippen LogP contribution in [-0.2, 0) is 4.79 Å². The lowest BCUT2D eigenvalue weighted by atomic mass is 9.43. The van der Waals surface area contributed by atoms with Crippen molar-refractivity contribution in [2.24, 2.45) is 46.3 Å². The van der Waals surface area contributed by atoms with E-state index in [-0.39, 0.29) is 28.9 Å². The first-order valence-electron chi connectivity index (χ1n) is 14.3. The predicted octanol–water partition coefficient (Wildman–Crippen LogP) is 5.44. The standard InChI is InChI=1S/C30H46N2O4/c1-18(5-11-27(35)32-20-7-12-28(36-4)31-17-20)23-9-10-24-22-8-6-19-15-21(33)13-14-29(19,2)25(22)16-26(34)30(23,24)3/h7,12,17-19,21-26,33-34H,5-6,8-11,13-16H2,1-4H3,(H,32,35)/t18-,19+,21-,22+,23+,24-,25-,26+,29+,30-/m1/s1. The van der Waals surface area contributed by atoms with Crippen LogP contribution in [0.2, 0.25) is 0 Å². The molecule has 0 spiro atoms. The predicted molar refractivity (Wildman–Crippen MR) is 140 cm³/mol. The van der Waals surface area contributed by atoms with Gasteiger partial charge < -0.3 is 20.3 Å². The number of amides is 1. The molecule has 3 N–H and O–H groups in total. The number of methoxy groups -OCH3 is 1. The molecule has 4 saturated carbocycles. The maximum atomic E-state index is 12.7. The van der Waals surface area contributed by atoms with Gasteiger partial charge in [0.2, 0.25) is 11.8 Å². The molecule has 0 bridgehead atoms. The second kappa shape index (κ2) is 9.90. The lowest BCUT2D eigenvalue weighted by molar-refractivity contribution is -0.174. The first kappa shape index (κ1) is 26.0. The van der Waals surface area contributed by atoms with Crippen LogP contribution in [0.15, 0.2) is 18.3 Å². The SMILES string of the molecule is COc1ccc(NC(=O)CC[C@@H](C)[C@@H]2CC[C@@H]3[C@@H]4CC[C@H]5C[C@H](O)CC[C@]5(C)[C@@H]4C[C@H](O)[C@@]32C)cn1. The Bertz CT molecular complexity index is 937. The molecule has 0 aliphatic heterocycles. The van der Waals surface area contributed by atoms with E-state index < -0.39 is 0 Å². The summed E-state index contributed by atoms with van der Waals surface area (Å²) < 4.78 is 5.09. The molecule has 5 rings (SSSR count). The van der Waals surface area contributed by atoms with E-state index in [4.69, 9.17) is 4.74 Å². The summed E-state index contributed by atoms with van der Waals surface area (Å²) in [5, 5.41) is 25.0. The van der Waals surface area contributed by atoms with Crippen molar-refractivity contribution in [3.8, 4) is 5.88 Å². The first-order chi connectivity index (χ1) is 17.2. The van der Waals surface area contributed by atoms with Gasteiger partial charge in [0, 0.05) is 12.5 Å². The minimum atomic E-state index is -0.277. The van der Waals surface area contributed by atoms with E-state index in [1.54, 1.807) is 19.4 Å². The lowest BCUT2D eigenvalue weighted by Crippen LogP contribution is -2.58. The molecule has 0 aromatic carbocycles. The van der Waals surface area contributed by atoms with Gasteiger partial charge in [-0.15, -0.1) is 0 Å². The third-order valence-electron chi connectivity index (χ3n) is 11.6. The van der Waals surface area contributed by atoms with Crippen molar-refractivity contribution in [1.82, 2.24) is 4.98 Å². The zero-order valence-electron chi connectivity index (χ0n) is 22.6. The fourth-order valence-corrected chi connectivity index (χ4v) is 9.52. The van der Waals surface area contributed by atoms with E-state index in [2.05, 4.69) is 31.1 Å². The summed E-state index contributed by atoms with van der Waals surface area (Å²) in [7, 11) is 1.58. The average Bonchev–Trinajstić information content (AvgIpc) is 3.23. The number of rotatable bonds is 6. The van der Waals surface area contributed by atoms with Gasteiger partial charge in [-0.1, -0.05) is 20.8 Å². The highest BCUT2D eigenvalue weighted by Gasteiger charge is 2.63. The Balaban J connectivity index is 1.23. The first-order valence-corrected chi connectivity index (χ1v) is 14.3. The molecule has 0 saturated heterocycles. The number of ether oxygens (including phenoxy) is 1. The summed E-state index contributed by atoms with van der Waals surface area (Å²) in [6.07, 6.45) is 11.3. The molecular weight excluding hydrogens is 452 g/mol. The zero-order chi connectivity index (χ0) is 25.7. The number of aliphatic hydroxyl groups excluding tert-OH is 2. The summed E-state index contributed by atoms with van der Waals surface area (Å²) in [4.78, 5) is 16.8. The van der Waals surface area contributed by atoms with Crippen molar-refractivity contribution in [3.63, 3.8) is 0 Å². The van der Waals surface area contributed by atoms with Gasteiger partial charge in [0.05, 0.1) is 31.2 Å². The number of pyridine rings is 1. The summed E-state index contributed by atoms with van der Waals surface area (Å²) in [6.45, 7) is 7.14. The minimum Gasteiger partial charge on any atom is -0.481 e. The number of aliphatic hydroxyl groups is 2. The average molecular weight is 499 g/mol. The molecule has 6 heteroatoms. The molecule has 1 aromatic rings. The Hall–Kier alpha value is -1.66. The Labute approximate surface area is 216 Å². The number of hydrogen-bond donors (Lipinski definition) is 3. The topological polar surface area (TPSA) is 91.7 Å². The molecule has 36 heavy (non-hydrogen) atoms. The number of anilines is 1. The van der Waals surface area contributed by atoms with Crippen LogP contribution in [0.4, 0.5) is 5.69 Å². The Morgan fingerprint density at radius 2 is 1.94 bits per heavy atom. The zero-order valence-corrected chi connectivity index (χ0v) is 22.6. The van der Waals surface area contributed by atoms with Gasteiger partial charge in [0.1, 0.15) is 0 Å². The van der Waals surface area contributed by atoms with Gasteiger partial charge >= 0.3 is 0 Å². The van der Waals surface area contributed by atoms with Gasteiger partial charge in [-0.2, -0.15) is 0 Å². The monoisotopic (exact) mass is 498 g/mol. The van der Waals surface area contributed by atoms with Crippen LogP contribution in [0, 0.1) is 46.3 Å². The molecule has 200 valence electrons. The number of carbonyl (C=O) groups excluding carboxylic acids is 1. The Morgan fingerprint density at radius 3 is 2.67 bits per heavy atom. The highest BCUT2D eigenvalue weighted by molar-refractivity contribution is 5.90. The van der Waals surface area contributed by atoms with Crippen LogP contribution in [0.1, 0.15) is 85.0 Å². The van der Waals surface area contributed by atoms with Crippen molar-refractivity contribution in [2.45, 2.75) is 97.2 Å². The van der Waals surface area contributed by atoms with Crippen molar-refractivity contribution in [1.29, 1.82) is 0 Å². The lowest BCUT2D eigenvalue weighted by Gasteiger charge is -2.62. The van der Waals surface area contributed by atoms with Crippen LogP contribution >= 0.6 is 0 Å². The summed E-state index contributed by atoms with van der Waals surface area (Å²) in [6, 6.07) is 3.56. The van der Waals surface area contributed by atoms with Gasteiger partial charge in [-0.3, -0.25) is 4.79 Å². The smallest absolute Gasteiger partial charge is 0.224 e. The summed E-state index contributed by atoms with van der Waals surface area (Å²) in [5.74, 6) is 3.84. The van der Waals surface area contributed by atoms with Crippen molar-refractivity contribution in [3.05, 3.63) is 18.3 Å². The quantitative estimate of drug-likeness (QED) is 0.486. The largest absolute Gasteiger partial charge is 0.481 e. The second-order valence-electron chi connectivity index (χ2n) is 13.0. The molecule has 10 atom stereocenters. The third-order valence-corrected chi connectivity index (χ3v) is 11.6. The summed E-state index contributed by atoms with van der Waals surface area (Å²) in [5.41, 5.74) is 0.895.